The highest BCUT2D eigenvalue weighted by molar-refractivity contribution is 8.13. The number of nitrogens with zero attached hydrogens (tertiary/aromatic N) is 1. The van der Waals surface area contributed by atoms with Crippen LogP contribution >= 0.6 is 10.7 Å². The van der Waals surface area contributed by atoms with E-state index in [4.69, 9.17) is 10.7 Å². The second-order valence-electron chi connectivity index (χ2n) is 5.93. The molecule has 21 heavy (non-hydrogen) atoms. The molecule has 0 aromatic heterocycles. The summed E-state index contributed by atoms with van der Waals surface area (Å²) in [6.07, 6.45) is 0. The normalized spacial score (nSPS) is 12.3. The maximum Gasteiger partial charge on any atom is 0.264 e. The predicted molar refractivity (Wildman–Crippen MR) is 75.8 cm³/mol. The minimum absolute atomic E-state index is 0.254. The highest BCUT2D eigenvalue weighted by Gasteiger charge is 2.27. The minimum Gasteiger partial charge on any atom is -0.341 e. The lowest BCUT2D eigenvalue weighted by Crippen LogP contribution is -2.35. The second-order valence-corrected chi connectivity index (χ2v) is 8.46. The van der Waals surface area contributed by atoms with Gasteiger partial charge in [-0.15, -0.1) is 0 Å². The lowest BCUT2D eigenvalue weighted by Gasteiger charge is -2.26. The first-order valence-electron chi connectivity index (χ1n) is 6.02. The monoisotopic (exact) mass is 339 g/mol. The van der Waals surface area contributed by atoms with Gasteiger partial charge in [-0.1, -0.05) is 20.8 Å². The van der Waals surface area contributed by atoms with E-state index in [0.29, 0.717) is 12.1 Å². The van der Waals surface area contributed by atoms with Gasteiger partial charge >= 0.3 is 0 Å². The molecule has 0 saturated heterocycles. The molecule has 0 spiro atoms. The van der Waals surface area contributed by atoms with Gasteiger partial charge in [-0.25, -0.2) is 17.2 Å². The molecule has 118 valence electrons. The van der Waals surface area contributed by atoms with Crippen LogP contribution in [0.3, 0.4) is 0 Å². The number of benzene rings is 1. The van der Waals surface area contributed by atoms with Gasteiger partial charge in [0.2, 0.25) is 0 Å². The number of carbonyl (C=O) groups excluding carboxylic acids is 1. The largest absolute Gasteiger partial charge is 0.341 e. The van der Waals surface area contributed by atoms with Crippen LogP contribution in [0.15, 0.2) is 17.0 Å². The maximum atomic E-state index is 14.1. The Hall–Kier alpha value is -1.21. The lowest BCUT2D eigenvalue weighted by atomic mass is 9.96. The molecule has 0 aliphatic heterocycles. The number of hydrogen-bond donors (Lipinski definition) is 0. The number of rotatable bonds is 3. The molecule has 0 bridgehead atoms. The Morgan fingerprint density at radius 3 is 2.24 bits per heavy atom. The molecule has 1 aromatic carbocycles. The number of hydrogen-bond acceptors (Lipinski definition) is 3. The zero-order valence-electron chi connectivity index (χ0n) is 12.1. The third-order valence-corrected chi connectivity index (χ3v) is 3.88. The van der Waals surface area contributed by atoms with Crippen LogP contribution in [0.5, 0.6) is 0 Å². The topological polar surface area (TPSA) is 54.5 Å². The van der Waals surface area contributed by atoms with E-state index in [0.717, 1.165) is 0 Å². The summed E-state index contributed by atoms with van der Waals surface area (Å²) in [6, 6.07) is 1.10. The smallest absolute Gasteiger partial charge is 0.264 e. The Kier molecular flexibility index (Phi) is 5.00. The summed E-state index contributed by atoms with van der Waals surface area (Å²) in [7, 11) is 1.98. The van der Waals surface area contributed by atoms with Gasteiger partial charge in [-0.05, 0) is 17.5 Å². The van der Waals surface area contributed by atoms with Crippen molar-refractivity contribution in [2.75, 3.05) is 13.6 Å². The number of carbonyl (C=O) groups is 1. The summed E-state index contributed by atoms with van der Waals surface area (Å²) in [5, 5.41) is 0. The van der Waals surface area contributed by atoms with Crippen LogP contribution in [0.4, 0.5) is 8.78 Å². The van der Waals surface area contributed by atoms with Crippen molar-refractivity contribution < 1.29 is 22.0 Å². The van der Waals surface area contributed by atoms with Gasteiger partial charge in [0.1, 0.15) is 10.7 Å². The zero-order valence-corrected chi connectivity index (χ0v) is 13.6. The van der Waals surface area contributed by atoms with E-state index in [1.165, 1.54) is 11.9 Å². The molecule has 0 N–H and O–H groups in total. The van der Waals surface area contributed by atoms with Crippen LogP contribution in [0.2, 0.25) is 0 Å². The Morgan fingerprint density at radius 1 is 1.29 bits per heavy atom. The van der Waals surface area contributed by atoms with Crippen molar-refractivity contribution in [1.82, 2.24) is 4.90 Å². The third kappa shape index (κ3) is 4.64. The van der Waals surface area contributed by atoms with E-state index in [2.05, 4.69) is 0 Å². The molecule has 0 aliphatic carbocycles. The first-order valence-corrected chi connectivity index (χ1v) is 8.33. The number of halogens is 3. The summed E-state index contributed by atoms with van der Waals surface area (Å²) >= 11 is 0. The molecular weight excluding hydrogens is 324 g/mol. The SMILES string of the molecule is CN(CC(C)(C)C)C(=O)c1cc(F)cc(S(=O)(=O)Cl)c1F. The Labute approximate surface area is 127 Å². The highest BCUT2D eigenvalue weighted by atomic mass is 35.7. The van der Waals surface area contributed by atoms with E-state index >= 15 is 0 Å². The highest BCUT2D eigenvalue weighted by Crippen LogP contribution is 2.25. The molecular formula is C13H16ClF2NO3S. The van der Waals surface area contributed by atoms with Crippen molar-refractivity contribution in [3.05, 3.63) is 29.3 Å². The molecule has 0 aliphatic rings. The average Bonchev–Trinajstić information content (AvgIpc) is 2.27. The molecule has 0 atom stereocenters. The third-order valence-electron chi connectivity index (χ3n) is 2.56. The first-order chi connectivity index (χ1) is 9.33. The van der Waals surface area contributed by atoms with E-state index in [9.17, 15) is 22.0 Å². The van der Waals surface area contributed by atoms with E-state index < -0.39 is 37.1 Å². The summed E-state index contributed by atoms with van der Waals surface area (Å²) in [5.74, 6) is -3.22. The standard InChI is InChI=1S/C13H16ClF2NO3S/c1-13(2,3)7-17(4)12(18)9-5-8(15)6-10(11(9)16)21(14,19)20/h5-6H,7H2,1-4H3. The van der Waals surface area contributed by atoms with Gasteiger partial charge < -0.3 is 4.90 Å². The van der Waals surface area contributed by atoms with Crippen LogP contribution in [0.25, 0.3) is 0 Å². The molecule has 0 unspecified atom stereocenters. The minimum atomic E-state index is -4.49. The summed E-state index contributed by atoms with van der Waals surface area (Å²) in [5.41, 5.74) is -0.920. The van der Waals surface area contributed by atoms with E-state index in [1.54, 1.807) is 0 Å². The van der Waals surface area contributed by atoms with Gasteiger partial charge in [-0.2, -0.15) is 0 Å². The summed E-state index contributed by atoms with van der Waals surface area (Å²) in [4.78, 5) is 12.3. The summed E-state index contributed by atoms with van der Waals surface area (Å²) < 4.78 is 50.0. The summed E-state index contributed by atoms with van der Waals surface area (Å²) in [6.45, 7) is 5.89. The maximum absolute atomic E-state index is 14.1. The second kappa shape index (κ2) is 5.88. The van der Waals surface area contributed by atoms with Crippen LogP contribution < -0.4 is 0 Å². The van der Waals surface area contributed by atoms with Gasteiger partial charge in [0.25, 0.3) is 15.0 Å². The average molecular weight is 340 g/mol. The van der Waals surface area contributed by atoms with Crippen LogP contribution in [0.1, 0.15) is 31.1 Å². The molecule has 0 saturated carbocycles. The molecule has 8 heteroatoms. The van der Waals surface area contributed by atoms with Gasteiger partial charge in [0, 0.05) is 24.3 Å². The molecule has 1 aromatic rings. The van der Waals surface area contributed by atoms with Crippen LogP contribution in [-0.2, 0) is 9.05 Å². The fourth-order valence-corrected chi connectivity index (χ4v) is 2.80. The lowest BCUT2D eigenvalue weighted by molar-refractivity contribution is 0.0739. The van der Waals surface area contributed by atoms with Crippen molar-refractivity contribution in [2.24, 2.45) is 5.41 Å². The fourth-order valence-electron chi connectivity index (χ4n) is 1.89. The Bertz CT molecular complexity index is 669. The van der Waals surface area contributed by atoms with Crippen molar-refractivity contribution in [2.45, 2.75) is 25.7 Å². The molecule has 0 heterocycles. The van der Waals surface area contributed by atoms with Crippen molar-refractivity contribution >= 4 is 25.6 Å². The van der Waals surface area contributed by atoms with Crippen LogP contribution in [-0.4, -0.2) is 32.8 Å². The molecule has 1 amide bonds. The molecule has 1 rings (SSSR count). The van der Waals surface area contributed by atoms with Gasteiger partial charge in [0.05, 0.1) is 5.56 Å². The Balaban J connectivity index is 3.32. The number of amides is 1. The van der Waals surface area contributed by atoms with E-state index in [1.807, 2.05) is 20.8 Å². The van der Waals surface area contributed by atoms with Crippen molar-refractivity contribution in [1.29, 1.82) is 0 Å². The quantitative estimate of drug-likeness (QED) is 0.795. The first kappa shape index (κ1) is 17.8. The Morgan fingerprint density at radius 2 is 1.81 bits per heavy atom. The van der Waals surface area contributed by atoms with Gasteiger partial charge in [0.15, 0.2) is 5.82 Å². The van der Waals surface area contributed by atoms with Gasteiger partial charge in [-0.3, -0.25) is 4.79 Å². The van der Waals surface area contributed by atoms with Crippen molar-refractivity contribution in [3.8, 4) is 0 Å². The molecule has 4 nitrogen and oxygen atoms in total. The van der Waals surface area contributed by atoms with Crippen LogP contribution in [0, 0.1) is 17.0 Å². The fraction of sp³-hybridized carbons (Fsp3) is 0.462. The van der Waals surface area contributed by atoms with E-state index in [-0.39, 0.29) is 12.0 Å². The zero-order chi connectivity index (χ0) is 16.6. The van der Waals surface area contributed by atoms with Crippen molar-refractivity contribution in [3.63, 3.8) is 0 Å². The molecule has 0 fully saturated rings. The predicted octanol–water partition coefficient (Wildman–Crippen LogP) is 3.01. The molecule has 0 radical (unpaired) electrons.